The minimum atomic E-state index is 1.23. The first kappa shape index (κ1) is 9.74. The first-order chi connectivity index (χ1) is 5.84. The normalized spacial score (nSPS) is 10.2. The fourth-order valence-electron chi connectivity index (χ4n) is 1.33. The highest BCUT2D eigenvalue weighted by Crippen LogP contribution is 2.06. The largest absolute Gasteiger partial charge is 0.105 e. The van der Waals surface area contributed by atoms with Crippen LogP contribution >= 0.6 is 9.24 Å². The molecule has 0 aliphatic rings. The third-order valence-electron chi connectivity index (χ3n) is 2.10. The lowest BCUT2D eigenvalue weighted by Gasteiger charge is -2.03. The SMILES string of the molecule is CCCCCc1ccccc1P. The molecule has 0 saturated carbocycles. The maximum atomic E-state index is 2.80. The molecule has 12 heavy (non-hydrogen) atoms. The van der Waals surface area contributed by atoms with Crippen LogP contribution in [0.5, 0.6) is 0 Å². The van der Waals surface area contributed by atoms with E-state index in [4.69, 9.17) is 0 Å². The molecule has 1 rings (SSSR count). The Morgan fingerprint density at radius 2 is 1.92 bits per heavy atom. The van der Waals surface area contributed by atoms with E-state index in [1.165, 1.54) is 36.6 Å². The van der Waals surface area contributed by atoms with Gasteiger partial charge in [-0.05, 0) is 23.7 Å². The Balaban J connectivity index is 2.46. The summed E-state index contributed by atoms with van der Waals surface area (Å²) in [5, 5.41) is 1.36. The van der Waals surface area contributed by atoms with Crippen LogP contribution in [0.2, 0.25) is 0 Å². The van der Waals surface area contributed by atoms with Crippen molar-refractivity contribution in [1.29, 1.82) is 0 Å². The third kappa shape index (κ3) is 2.95. The van der Waals surface area contributed by atoms with Crippen molar-refractivity contribution in [2.75, 3.05) is 0 Å². The Morgan fingerprint density at radius 3 is 2.58 bits per heavy atom. The molecule has 0 aromatic heterocycles. The fraction of sp³-hybridized carbons (Fsp3) is 0.455. The van der Waals surface area contributed by atoms with Gasteiger partial charge in [0.05, 0.1) is 0 Å². The molecule has 0 nitrogen and oxygen atoms in total. The van der Waals surface area contributed by atoms with Gasteiger partial charge in [-0.15, -0.1) is 9.24 Å². The van der Waals surface area contributed by atoms with Gasteiger partial charge in [0.1, 0.15) is 0 Å². The van der Waals surface area contributed by atoms with Crippen molar-refractivity contribution in [3.8, 4) is 0 Å². The molecule has 0 N–H and O–H groups in total. The molecule has 1 atom stereocenters. The van der Waals surface area contributed by atoms with E-state index < -0.39 is 0 Å². The highest BCUT2D eigenvalue weighted by atomic mass is 31.0. The Hall–Kier alpha value is -0.350. The van der Waals surface area contributed by atoms with Gasteiger partial charge < -0.3 is 0 Å². The monoisotopic (exact) mass is 180 g/mol. The topological polar surface area (TPSA) is 0 Å². The first-order valence-electron chi connectivity index (χ1n) is 4.68. The second-order valence-corrected chi connectivity index (χ2v) is 3.78. The van der Waals surface area contributed by atoms with Crippen LogP contribution in [0.15, 0.2) is 24.3 Å². The van der Waals surface area contributed by atoms with Crippen LogP contribution in [-0.4, -0.2) is 0 Å². The summed E-state index contributed by atoms with van der Waals surface area (Å²) in [6.07, 6.45) is 5.20. The Morgan fingerprint density at radius 1 is 1.17 bits per heavy atom. The summed E-state index contributed by atoms with van der Waals surface area (Å²) in [4.78, 5) is 0. The summed E-state index contributed by atoms with van der Waals surface area (Å²) < 4.78 is 0. The lowest BCUT2D eigenvalue weighted by atomic mass is 10.1. The minimum Gasteiger partial charge on any atom is -0.105 e. The van der Waals surface area contributed by atoms with Crippen molar-refractivity contribution >= 4 is 14.5 Å². The average molecular weight is 180 g/mol. The minimum absolute atomic E-state index is 1.23. The van der Waals surface area contributed by atoms with Gasteiger partial charge in [-0.1, -0.05) is 44.0 Å². The summed E-state index contributed by atoms with van der Waals surface area (Å²) in [5.41, 5.74) is 1.48. The van der Waals surface area contributed by atoms with Crippen molar-refractivity contribution in [2.24, 2.45) is 0 Å². The second-order valence-electron chi connectivity index (χ2n) is 3.16. The molecule has 0 saturated heterocycles. The van der Waals surface area contributed by atoms with Gasteiger partial charge in [0.2, 0.25) is 0 Å². The summed E-state index contributed by atoms with van der Waals surface area (Å²) in [7, 11) is 2.80. The van der Waals surface area contributed by atoms with Crippen LogP contribution < -0.4 is 5.30 Å². The average Bonchev–Trinajstić information content (AvgIpc) is 2.09. The molecular formula is C11H17P. The number of benzene rings is 1. The van der Waals surface area contributed by atoms with Crippen LogP contribution in [0, 0.1) is 0 Å². The lowest BCUT2D eigenvalue weighted by Crippen LogP contribution is -2.00. The van der Waals surface area contributed by atoms with Crippen molar-refractivity contribution in [3.05, 3.63) is 29.8 Å². The smallest absolute Gasteiger partial charge is 0.0271 e. The molecule has 0 amide bonds. The molecule has 1 heteroatoms. The quantitative estimate of drug-likeness (QED) is 0.493. The second kappa shape index (κ2) is 5.32. The van der Waals surface area contributed by atoms with E-state index in [-0.39, 0.29) is 0 Å². The Labute approximate surface area is 77.6 Å². The van der Waals surface area contributed by atoms with Crippen molar-refractivity contribution in [3.63, 3.8) is 0 Å². The van der Waals surface area contributed by atoms with Crippen molar-refractivity contribution in [1.82, 2.24) is 0 Å². The van der Waals surface area contributed by atoms with Crippen LogP contribution in [0.25, 0.3) is 0 Å². The maximum Gasteiger partial charge on any atom is -0.0271 e. The van der Waals surface area contributed by atoms with Crippen molar-refractivity contribution < 1.29 is 0 Å². The van der Waals surface area contributed by atoms with Gasteiger partial charge in [-0.2, -0.15) is 0 Å². The molecule has 0 aliphatic heterocycles. The van der Waals surface area contributed by atoms with E-state index in [0.717, 1.165) is 0 Å². The van der Waals surface area contributed by atoms with Crippen molar-refractivity contribution in [2.45, 2.75) is 32.6 Å². The van der Waals surface area contributed by atoms with E-state index >= 15 is 0 Å². The van der Waals surface area contributed by atoms with Gasteiger partial charge in [0.25, 0.3) is 0 Å². The number of hydrogen-bond acceptors (Lipinski definition) is 0. The standard InChI is InChI=1S/C11H17P/c1-2-3-4-7-10-8-5-6-9-11(10)12/h5-6,8-9H,2-4,7,12H2,1H3. The zero-order chi connectivity index (χ0) is 8.81. The van der Waals surface area contributed by atoms with Crippen LogP contribution in [0.4, 0.5) is 0 Å². The molecule has 0 aliphatic carbocycles. The number of aryl methyl sites for hydroxylation is 1. The molecule has 0 fully saturated rings. The maximum absolute atomic E-state index is 2.80. The van der Waals surface area contributed by atoms with E-state index in [1.54, 1.807) is 0 Å². The first-order valence-corrected chi connectivity index (χ1v) is 5.25. The summed E-state index contributed by atoms with van der Waals surface area (Å²) >= 11 is 0. The van der Waals surface area contributed by atoms with Crippen LogP contribution in [0.1, 0.15) is 31.7 Å². The number of rotatable bonds is 4. The highest BCUT2D eigenvalue weighted by Gasteiger charge is 1.95. The van der Waals surface area contributed by atoms with E-state index in [1.807, 2.05) is 0 Å². The molecule has 0 bridgehead atoms. The summed E-state index contributed by atoms with van der Waals surface area (Å²) in [5.74, 6) is 0. The van der Waals surface area contributed by atoms with E-state index in [2.05, 4.69) is 40.4 Å². The number of unbranched alkanes of at least 4 members (excludes halogenated alkanes) is 2. The predicted molar refractivity (Wildman–Crippen MR) is 59.0 cm³/mol. The van der Waals surface area contributed by atoms with Gasteiger partial charge in [-0.3, -0.25) is 0 Å². The molecule has 0 heterocycles. The van der Waals surface area contributed by atoms with Gasteiger partial charge in [0.15, 0.2) is 0 Å². The number of hydrogen-bond donors (Lipinski definition) is 0. The van der Waals surface area contributed by atoms with Crippen LogP contribution in [-0.2, 0) is 6.42 Å². The third-order valence-corrected chi connectivity index (χ3v) is 2.67. The summed E-state index contributed by atoms with van der Waals surface area (Å²) in [6, 6.07) is 8.59. The molecule has 1 aromatic carbocycles. The zero-order valence-corrected chi connectivity index (χ0v) is 8.87. The van der Waals surface area contributed by atoms with Crippen LogP contribution in [0.3, 0.4) is 0 Å². The van der Waals surface area contributed by atoms with Gasteiger partial charge in [0, 0.05) is 0 Å². The molecular weight excluding hydrogens is 163 g/mol. The molecule has 1 aromatic rings. The summed E-state index contributed by atoms with van der Waals surface area (Å²) in [6.45, 7) is 2.24. The van der Waals surface area contributed by atoms with Gasteiger partial charge in [-0.25, -0.2) is 0 Å². The highest BCUT2D eigenvalue weighted by molar-refractivity contribution is 7.27. The Bertz CT molecular complexity index is 230. The van der Waals surface area contributed by atoms with Gasteiger partial charge >= 0.3 is 0 Å². The van der Waals surface area contributed by atoms with E-state index in [9.17, 15) is 0 Å². The zero-order valence-electron chi connectivity index (χ0n) is 7.72. The Kier molecular flexibility index (Phi) is 4.32. The fourth-order valence-corrected chi connectivity index (χ4v) is 1.68. The molecule has 0 radical (unpaired) electrons. The molecule has 1 unspecified atom stereocenters. The predicted octanol–water partition coefficient (Wildman–Crippen LogP) is 2.92. The lowest BCUT2D eigenvalue weighted by molar-refractivity contribution is 0.719. The molecule has 0 spiro atoms. The molecule has 66 valence electrons. The van der Waals surface area contributed by atoms with E-state index in [0.29, 0.717) is 0 Å².